The molecule has 1 saturated heterocycles. The van der Waals surface area contributed by atoms with Crippen molar-refractivity contribution in [3.63, 3.8) is 0 Å². The fourth-order valence-corrected chi connectivity index (χ4v) is 25.8. The Morgan fingerprint density at radius 3 is 1.66 bits per heavy atom. The molecule has 0 aromatic heterocycles. The highest BCUT2D eigenvalue weighted by Crippen LogP contribution is 2.86. The lowest BCUT2D eigenvalue weighted by Crippen LogP contribution is -2.60. The Bertz CT molecular complexity index is 953. The van der Waals surface area contributed by atoms with Crippen LogP contribution in [0.15, 0.2) is 4.90 Å². The number of thioether (sulfide) groups is 1. The van der Waals surface area contributed by atoms with Crippen molar-refractivity contribution in [2.24, 2.45) is 17.8 Å². The minimum absolute atomic E-state index is 0.0249. The van der Waals surface area contributed by atoms with Gasteiger partial charge in [-0.25, -0.2) is 0 Å². The minimum Gasteiger partial charge on any atom is -0.261 e. The van der Waals surface area contributed by atoms with E-state index in [1.807, 2.05) is 0 Å². The zero-order valence-electron chi connectivity index (χ0n) is 14.7. The third-order valence-corrected chi connectivity index (χ3v) is 27.2. The highest BCUT2D eigenvalue weighted by molar-refractivity contribution is 9.08. The Balaban J connectivity index is 1.59. The second-order valence-electron chi connectivity index (χ2n) is 8.64. The van der Waals surface area contributed by atoms with Crippen molar-refractivity contribution in [2.45, 2.75) is 51.0 Å². The molecule has 12 heteroatoms. The van der Waals surface area contributed by atoms with E-state index >= 15 is 0 Å². The van der Waals surface area contributed by atoms with Crippen LogP contribution in [0, 0.1) is 17.8 Å². The highest BCUT2D eigenvalue weighted by Gasteiger charge is 2.99. The number of benzene rings is 1. The van der Waals surface area contributed by atoms with Crippen molar-refractivity contribution < 1.29 is 8.76 Å². The van der Waals surface area contributed by atoms with Crippen LogP contribution in [0.25, 0.3) is 0 Å². The van der Waals surface area contributed by atoms with Gasteiger partial charge in [0, 0.05) is 8.38 Å². The van der Waals surface area contributed by atoms with Gasteiger partial charge in [-0.15, -0.1) is 0 Å². The summed E-state index contributed by atoms with van der Waals surface area (Å²) in [6.07, 6.45) is 5.53. The minimum atomic E-state index is -4.45. The molecule has 5 aliphatic rings. The summed E-state index contributed by atoms with van der Waals surface area (Å²) >= 11 is 39.0. The first kappa shape index (κ1) is 22.8. The van der Waals surface area contributed by atoms with Gasteiger partial charge in [-0.1, -0.05) is 58.0 Å². The average Bonchev–Trinajstić information content (AvgIpc) is 3.02. The topological polar surface area (TPSA) is 37.3 Å². The lowest BCUT2D eigenvalue weighted by atomic mass is 9.56. The first-order valence-corrected chi connectivity index (χ1v) is 16.6. The molecule has 2 atom stereocenters. The van der Waals surface area contributed by atoms with Gasteiger partial charge in [0.15, 0.2) is 0 Å². The van der Waals surface area contributed by atoms with Crippen molar-refractivity contribution in [3.8, 4) is 0 Å². The molecule has 0 radical (unpaired) electrons. The first-order valence-electron chi connectivity index (χ1n) is 9.06. The van der Waals surface area contributed by atoms with Crippen LogP contribution in [0.5, 0.6) is 0 Å². The quantitative estimate of drug-likeness (QED) is 0.0946. The van der Waals surface area contributed by atoms with Crippen molar-refractivity contribution in [1.82, 2.24) is 0 Å². The molecule has 4 saturated carbocycles. The van der Waals surface area contributed by atoms with Crippen LogP contribution >= 0.6 is 92.0 Å². The summed E-state index contributed by atoms with van der Waals surface area (Å²) in [4.78, 5) is 0.232. The largest absolute Gasteiger partial charge is 0.417 e. The van der Waals surface area contributed by atoms with Crippen LogP contribution in [0.4, 0.5) is 0 Å². The summed E-state index contributed by atoms with van der Waals surface area (Å²) in [7, 11) is 0.721. The second-order valence-corrected chi connectivity index (χ2v) is 22.3. The van der Waals surface area contributed by atoms with Crippen LogP contribution in [0.2, 0.25) is 25.1 Å². The zero-order valence-corrected chi connectivity index (χ0v) is 22.4. The van der Waals surface area contributed by atoms with E-state index in [2.05, 4.69) is 0 Å². The fraction of sp³-hybridized carbons (Fsp3) is 0.647. The van der Waals surface area contributed by atoms with Gasteiger partial charge in [-0.2, -0.15) is 4.21 Å². The van der Waals surface area contributed by atoms with E-state index in [9.17, 15) is 8.76 Å². The molecule has 1 N–H and O–H groups in total. The molecule has 6 rings (SSSR count). The predicted molar refractivity (Wildman–Crippen MR) is 131 cm³/mol. The lowest BCUT2D eigenvalue weighted by Gasteiger charge is -2.58. The highest BCUT2D eigenvalue weighted by atomic mass is 35.8. The third kappa shape index (κ3) is 2.68. The molecule has 4 bridgehead atoms. The van der Waals surface area contributed by atoms with Gasteiger partial charge < -0.3 is 0 Å². The van der Waals surface area contributed by atoms with Crippen LogP contribution < -0.4 is 0 Å². The molecule has 2 unspecified atom stereocenters. The van der Waals surface area contributed by atoms with Crippen molar-refractivity contribution in [2.75, 3.05) is 0 Å². The van der Waals surface area contributed by atoms with Crippen LogP contribution in [-0.4, -0.2) is 16.4 Å². The van der Waals surface area contributed by atoms with Crippen LogP contribution in [0.1, 0.15) is 38.5 Å². The molecule has 0 amide bonds. The Hall–Kier alpha value is 2.06. The summed E-state index contributed by atoms with van der Waals surface area (Å²) in [6.45, 7) is 0. The van der Waals surface area contributed by atoms with Gasteiger partial charge in [-0.3, -0.25) is 4.55 Å². The van der Waals surface area contributed by atoms with Gasteiger partial charge in [0.25, 0.3) is 9.14 Å². The monoisotopic (exact) mass is 593 g/mol. The number of alkyl halides is 1. The molecular formula is C17H16Cl7O2S3+. The maximum Gasteiger partial charge on any atom is 0.417 e. The van der Waals surface area contributed by atoms with Crippen molar-refractivity contribution >= 4 is 110 Å². The first-order chi connectivity index (χ1) is 13.3. The second kappa shape index (κ2) is 6.81. The molecule has 0 spiro atoms. The zero-order chi connectivity index (χ0) is 21.2. The van der Waals surface area contributed by atoms with Crippen molar-refractivity contribution in [3.05, 3.63) is 25.1 Å². The molecule has 1 aromatic rings. The summed E-state index contributed by atoms with van der Waals surface area (Å²) in [5.41, 5.74) is 0. The summed E-state index contributed by atoms with van der Waals surface area (Å²) < 4.78 is 24.0. The molecule has 4 aliphatic carbocycles. The fourth-order valence-electron chi connectivity index (χ4n) is 6.04. The normalized spacial score (nSPS) is 45.0. The van der Waals surface area contributed by atoms with Gasteiger partial charge in [0.2, 0.25) is 10.7 Å². The van der Waals surface area contributed by atoms with Crippen LogP contribution in [-0.2, 0) is 17.5 Å². The number of halogens is 7. The van der Waals surface area contributed by atoms with Gasteiger partial charge in [0.05, 0.1) is 30.0 Å². The summed E-state index contributed by atoms with van der Waals surface area (Å²) in [5.74, 6) is 1.42. The Labute approximate surface area is 210 Å². The molecule has 1 heterocycles. The molecule has 162 valence electrons. The molecule has 1 aromatic carbocycles. The SMILES string of the molecule is O=S1(O)(C23CC4CC(CC(C4)C2)C3)[S+](Cl)C1(Cl)Sc1c(Cl)c(Cl)c(Cl)c(Cl)c1Cl. The Morgan fingerprint density at radius 2 is 1.24 bits per heavy atom. The molecule has 29 heavy (non-hydrogen) atoms. The van der Waals surface area contributed by atoms with E-state index in [4.69, 9.17) is 80.3 Å². The average molecular weight is 597 g/mol. The van der Waals surface area contributed by atoms with Crippen molar-refractivity contribution in [1.29, 1.82) is 0 Å². The number of hydrogen-bond donors (Lipinski definition) is 1. The standard InChI is InChI=1S/C17H15Cl7O2S3/c18-10-11(19)13(21)15(14(22)12(10)20)27-17(23)28(24)29(17,25,26)16-4-7-1-8(5-16)3-9(2-7)6-16/h7-9H,1-6H2/p+1. The smallest absolute Gasteiger partial charge is 0.261 e. The summed E-state index contributed by atoms with van der Waals surface area (Å²) in [5, 5.41) is 0.183. The maximum atomic E-state index is 14.5. The molecule has 2 nitrogen and oxygen atoms in total. The van der Waals surface area contributed by atoms with Crippen LogP contribution in [0.3, 0.4) is 0 Å². The Kier molecular flexibility index (Phi) is 5.36. The number of hydrogen-bond acceptors (Lipinski definition) is 2. The molecule has 5 fully saturated rings. The molecule has 1 aliphatic heterocycles. The Morgan fingerprint density at radius 1 is 0.862 bits per heavy atom. The van der Waals surface area contributed by atoms with E-state index in [0.717, 1.165) is 31.0 Å². The van der Waals surface area contributed by atoms with E-state index in [1.165, 1.54) is 0 Å². The predicted octanol–water partition coefficient (Wildman–Crippen LogP) is 8.86. The summed E-state index contributed by atoms with van der Waals surface area (Å²) in [6, 6.07) is 0. The maximum absolute atomic E-state index is 14.5. The van der Waals surface area contributed by atoms with Gasteiger partial charge in [-0.05, 0) is 79.6 Å². The van der Waals surface area contributed by atoms with Gasteiger partial charge >= 0.3 is 2.87 Å². The van der Waals surface area contributed by atoms with E-state index in [0.29, 0.717) is 37.0 Å². The number of rotatable bonds is 3. The van der Waals surface area contributed by atoms with Gasteiger partial charge in [0.1, 0.15) is 4.75 Å². The van der Waals surface area contributed by atoms with E-state index in [1.54, 1.807) is 0 Å². The third-order valence-electron chi connectivity index (χ3n) is 7.01. The van der Waals surface area contributed by atoms with E-state index in [-0.39, 0.29) is 30.0 Å². The lowest BCUT2D eigenvalue weighted by molar-refractivity contribution is 0.0313. The van der Waals surface area contributed by atoms with E-state index < -0.39 is 25.1 Å². The molecular weight excluding hydrogens is 581 g/mol.